The van der Waals surface area contributed by atoms with Gasteiger partial charge in [0.05, 0.1) is 6.04 Å². The summed E-state index contributed by atoms with van der Waals surface area (Å²) in [6.45, 7) is 0.463. The molecule has 0 spiro atoms. The van der Waals surface area contributed by atoms with Crippen LogP contribution in [0.15, 0.2) is 0 Å². The summed E-state index contributed by atoms with van der Waals surface area (Å²) in [5.74, 6) is 0. The minimum atomic E-state index is -0.551. The number of rotatable bonds is 5. The molecule has 0 aliphatic carbocycles. The molecule has 0 saturated heterocycles. The zero-order valence-electron chi connectivity index (χ0n) is 8.39. The van der Waals surface area contributed by atoms with Crippen molar-refractivity contribution in [2.24, 2.45) is 11.5 Å². The van der Waals surface area contributed by atoms with Gasteiger partial charge in [-0.25, -0.2) is 4.79 Å². The Kier molecular flexibility index (Phi) is 16.1. The SMILES string of the molecule is CSC(=O)[C@H](N)CCCNC(N)=O.Cl.Cl. The Labute approximate surface area is 106 Å². The third kappa shape index (κ3) is 11.8. The Morgan fingerprint density at radius 1 is 1.40 bits per heavy atom. The number of amides is 2. The van der Waals surface area contributed by atoms with Crippen molar-refractivity contribution in [3.63, 3.8) is 0 Å². The van der Waals surface area contributed by atoms with Gasteiger partial charge in [-0.15, -0.1) is 24.8 Å². The van der Waals surface area contributed by atoms with E-state index >= 15 is 0 Å². The zero-order valence-corrected chi connectivity index (χ0v) is 10.8. The highest BCUT2D eigenvalue weighted by molar-refractivity contribution is 8.13. The molecule has 0 aromatic carbocycles. The van der Waals surface area contributed by atoms with Crippen LogP contribution in [0.4, 0.5) is 4.79 Å². The molecule has 0 rings (SSSR count). The first kappa shape index (κ1) is 20.3. The Bertz CT molecular complexity index is 195. The minimum Gasteiger partial charge on any atom is -0.352 e. The molecule has 0 aromatic rings. The van der Waals surface area contributed by atoms with Crippen LogP contribution in [0, 0.1) is 0 Å². The van der Waals surface area contributed by atoms with Gasteiger partial charge in [0.1, 0.15) is 0 Å². The summed E-state index contributed by atoms with van der Waals surface area (Å²) in [6.07, 6.45) is 2.93. The van der Waals surface area contributed by atoms with Gasteiger partial charge >= 0.3 is 6.03 Å². The lowest BCUT2D eigenvalue weighted by Gasteiger charge is -2.07. The number of halogens is 2. The fourth-order valence-corrected chi connectivity index (χ4v) is 1.22. The largest absolute Gasteiger partial charge is 0.352 e. The first-order valence-electron chi connectivity index (χ1n) is 3.94. The molecule has 5 nitrogen and oxygen atoms in total. The van der Waals surface area contributed by atoms with Crippen molar-refractivity contribution in [2.45, 2.75) is 18.9 Å². The number of urea groups is 1. The van der Waals surface area contributed by atoms with Gasteiger partial charge in [-0.2, -0.15) is 0 Å². The molecule has 0 radical (unpaired) electrons. The molecule has 0 unspecified atom stereocenters. The van der Waals surface area contributed by atoms with Crippen LogP contribution >= 0.6 is 36.6 Å². The molecule has 5 N–H and O–H groups in total. The van der Waals surface area contributed by atoms with Crippen LogP contribution in [0.2, 0.25) is 0 Å². The lowest BCUT2D eigenvalue weighted by atomic mass is 10.2. The molecule has 0 saturated carbocycles. The van der Waals surface area contributed by atoms with Crippen molar-refractivity contribution in [2.75, 3.05) is 12.8 Å². The molecule has 92 valence electrons. The molecule has 0 aliphatic rings. The minimum absolute atomic E-state index is 0. The quantitative estimate of drug-likeness (QED) is 0.637. The number of thioether (sulfide) groups is 1. The van der Waals surface area contributed by atoms with Gasteiger partial charge in [0, 0.05) is 6.54 Å². The van der Waals surface area contributed by atoms with E-state index in [0.29, 0.717) is 19.4 Å². The highest BCUT2D eigenvalue weighted by atomic mass is 35.5. The second-order valence-electron chi connectivity index (χ2n) is 2.56. The van der Waals surface area contributed by atoms with E-state index in [4.69, 9.17) is 11.5 Å². The van der Waals surface area contributed by atoms with E-state index in [1.165, 1.54) is 0 Å². The van der Waals surface area contributed by atoms with Gasteiger partial charge in [0.2, 0.25) is 5.12 Å². The molecular weight excluding hydrogens is 261 g/mol. The molecule has 0 heterocycles. The van der Waals surface area contributed by atoms with Gasteiger partial charge in [0.25, 0.3) is 0 Å². The van der Waals surface area contributed by atoms with E-state index in [9.17, 15) is 9.59 Å². The Morgan fingerprint density at radius 2 is 1.93 bits per heavy atom. The maximum atomic E-state index is 11.0. The first-order chi connectivity index (χ1) is 6.07. The van der Waals surface area contributed by atoms with Crippen molar-refractivity contribution in [1.29, 1.82) is 0 Å². The van der Waals surface area contributed by atoms with Crippen LogP contribution in [0.25, 0.3) is 0 Å². The van der Waals surface area contributed by atoms with E-state index < -0.39 is 12.1 Å². The topological polar surface area (TPSA) is 98.2 Å². The van der Waals surface area contributed by atoms with E-state index in [0.717, 1.165) is 11.8 Å². The van der Waals surface area contributed by atoms with Crippen molar-refractivity contribution >= 4 is 47.7 Å². The lowest BCUT2D eigenvalue weighted by Crippen LogP contribution is -2.32. The van der Waals surface area contributed by atoms with Crippen LogP contribution < -0.4 is 16.8 Å². The maximum absolute atomic E-state index is 11.0. The first-order valence-corrected chi connectivity index (χ1v) is 5.17. The molecule has 0 fully saturated rings. The fraction of sp³-hybridized carbons (Fsp3) is 0.714. The normalized spacial score (nSPS) is 10.5. The van der Waals surface area contributed by atoms with E-state index in [1.54, 1.807) is 6.26 Å². The highest BCUT2D eigenvalue weighted by Crippen LogP contribution is 2.03. The predicted molar refractivity (Wildman–Crippen MR) is 67.8 cm³/mol. The molecular formula is C7H17Cl2N3O2S. The summed E-state index contributed by atoms with van der Waals surface area (Å²) in [5, 5.41) is 2.39. The van der Waals surface area contributed by atoms with E-state index in [1.807, 2.05) is 0 Å². The molecule has 2 amide bonds. The molecule has 8 heteroatoms. The number of hydrogen-bond acceptors (Lipinski definition) is 4. The van der Waals surface area contributed by atoms with Crippen molar-refractivity contribution in [1.82, 2.24) is 5.32 Å². The van der Waals surface area contributed by atoms with Crippen LogP contribution in [0.1, 0.15) is 12.8 Å². The third-order valence-corrected chi connectivity index (χ3v) is 2.20. The van der Waals surface area contributed by atoms with Gasteiger partial charge in [-0.05, 0) is 19.1 Å². The number of nitrogens with one attached hydrogen (secondary N) is 1. The predicted octanol–water partition coefficient (Wildman–Crippen LogP) is 0.495. The van der Waals surface area contributed by atoms with Crippen LogP contribution in [-0.4, -0.2) is 30.0 Å². The van der Waals surface area contributed by atoms with Crippen LogP contribution in [-0.2, 0) is 4.79 Å². The van der Waals surface area contributed by atoms with E-state index in [2.05, 4.69) is 5.32 Å². The number of nitrogens with two attached hydrogens (primary N) is 2. The number of carbonyl (C=O) groups excluding carboxylic acids is 2. The standard InChI is InChI=1S/C7H15N3O2S.2ClH/c1-13-6(11)5(8)3-2-4-10-7(9)12;;/h5H,2-4,8H2,1H3,(H3,9,10,12);2*1H/t5-;;/m1../s1. The third-order valence-electron chi connectivity index (χ3n) is 1.50. The molecule has 0 bridgehead atoms. The summed E-state index contributed by atoms with van der Waals surface area (Å²) in [4.78, 5) is 21.2. The molecule has 0 aromatic heterocycles. The summed E-state index contributed by atoms with van der Waals surface area (Å²) >= 11 is 1.12. The Hall–Kier alpha value is -0.170. The average molecular weight is 278 g/mol. The highest BCUT2D eigenvalue weighted by Gasteiger charge is 2.10. The monoisotopic (exact) mass is 277 g/mol. The van der Waals surface area contributed by atoms with E-state index in [-0.39, 0.29) is 29.9 Å². The van der Waals surface area contributed by atoms with Crippen molar-refractivity contribution < 1.29 is 9.59 Å². The van der Waals surface area contributed by atoms with Crippen molar-refractivity contribution in [3.05, 3.63) is 0 Å². The lowest BCUT2D eigenvalue weighted by molar-refractivity contribution is -0.112. The van der Waals surface area contributed by atoms with Gasteiger partial charge in [-0.1, -0.05) is 11.8 Å². The van der Waals surface area contributed by atoms with Gasteiger partial charge < -0.3 is 16.8 Å². The molecule has 1 atom stereocenters. The van der Waals surface area contributed by atoms with Gasteiger partial charge in [-0.3, -0.25) is 4.79 Å². The molecule has 0 aliphatic heterocycles. The maximum Gasteiger partial charge on any atom is 0.312 e. The van der Waals surface area contributed by atoms with Crippen LogP contribution in [0.3, 0.4) is 0 Å². The Balaban J connectivity index is -0.000000720. The van der Waals surface area contributed by atoms with Gasteiger partial charge in [0.15, 0.2) is 0 Å². The fourth-order valence-electron chi connectivity index (χ4n) is 0.803. The average Bonchev–Trinajstić information content (AvgIpc) is 2.10. The summed E-state index contributed by atoms with van der Waals surface area (Å²) in [6, 6.07) is -0.991. The molecule has 15 heavy (non-hydrogen) atoms. The second kappa shape index (κ2) is 11.9. The smallest absolute Gasteiger partial charge is 0.312 e. The zero-order chi connectivity index (χ0) is 10.3. The van der Waals surface area contributed by atoms with Crippen LogP contribution in [0.5, 0.6) is 0 Å². The summed E-state index contributed by atoms with van der Waals surface area (Å²) in [7, 11) is 0. The number of carbonyl (C=O) groups is 2. The Morgan fingerprint density at radius 3 is 2.33 bits per heavy atom. The van der Waals surface area contributed by atoms with Crippen molar-refractivity contribution in [3.8, 4) is 0 Å². The second-order valence-corrected chi connectivity index (χ2v) is 3.37. The number of hydrogen-bond donors (Lipinski definition) is 3. The summed E-state index contributed by atoms with van der Waals surface area (Å²) < 4.78 is 0. The number of primary amides is 1. The summed E-state index contributed by atoms with van der Waals surface area (Å²) in [5.41, 5.74) is 10.4.